The smallest absolute Gasteiger partial charge is 0.238 e. The van der Waals surface area contributed by atoms with Crippen LogP contribution in [0.25, 0.3) is 0 Å². The van der Waals surface area contributed by atoms with Crippen molar-refractivity contribution in [1.29, 1.82) is 0 Å². The van der Waals surface area contributed by atoms with Gasteiger partial charge in [-0.15, -0.1) is 0 Å². The zero-order chi connectivity index (χ0) is 17.5. The highest BCUT2D eigenvalue weighted by molar-refractivity contribution is 5.92. The van der Waals surface area contributed by atoms with Crippen LogP contribution in [0.2, 0.25) is 0 Å². The zero-order valence-electron chi connectivity index (χ0n) is 15.5. The molecule has 2 aliphatic heterocycles. The van der Waals surface area contributed by atoms with Crippen molar-refractivity contribution in [1.82, 2.24) is 9.80 Å². The van der Waals surface area contributed by atoms with Crippen molar-refractivity contribution in [2.75, 3.05) is 62.6 Å². The van der Waals surface area contributed by atoms with E-state index in [9.17, 15) is 4.79 Å². The van der Waals surface area contributed by atoms with E-state index in [1.54, 1.807) is 0 Å². The molecule has 5 nitrogen and oxygen atoms in total. The molecule has 2 aliphatic rings. The van der Waals surface area contributed by atoms with Gasteiger partial charge < -0.3 is 15.1 Å². The lowest BCUT2D eigenvalue weighted by atomic mass is 10.2. The fourth-order valence-corrected chi connectivity index (χ4v) is 3.78. The van der Waals surface area contributed by atoms with Gasteiger partial charge in [-0.05, 0) is 56.7 Å². The predicted octanol–water partition coefficient (Wildman–Crippen LogP) is 2.64. The van der Waals surface area contributed by atoms with E-state index in [2.05, 4.69) is 39.1 Å². The summed E-state index contributed by atoms with van der Waals surface area (Å²) in [5.74, 6) is 0.103. The van der Waals surface area contributed by atoms with E-state index in [0.29, 0.717) is 6.54 Å². The Kier molecular flexibility index (Phi) is 6.70. The summed E-state index contributed by atoms with van der Waals surface area (Å²) in [6.45, 7) is 10.4. The molecule has 3 rings (SSSR count). The fraction of sp³-hybridized carbons (Fsp3) is 0.650. The van der Waals surface area contributed by atoms with Crippen LogP contribution >= 0.6 is 0 Å². The van der Waals surface area contributed by atoms with E-state index in [4.69, 9.17) is 0 Å². The molecule has 25 heavy (non-hydrogen) atoms. The first-order chi connectivity index (χ1) is 12.2. The molecule has 5 heteroatoms. The minimum Gasteiger partial charge on any atom is -0.369 e. The van der Waals surface area contributed by atoms with Gasteiger partial charge in [0, 0.05) is 37.6 Å². The molecule has 0 aliphatic carbocycles. The summed E-state index contributed by atoms with van der Waals surface area (Å²) >= 11 is 0. The number of likely N-dealkylation sites (N-methyl/N-ethyl adjacent to an activating group) is 1. The van der Waals surface area contributed by atoms with Crippen molar-refractivity contribution in [2.45, 2.75) is 32.6 Å². The molecule has 1 amide bonds. The van der Waals surface area contributed by atoms with Gasteiger partial charge in [0.25, 0.3) is 0 Å². The summed E-state index contributed by atoms with van der Waals surface area (Å²) in [5.41, 5.74) is 2.15. The molecule has 2 heterocycles. The quantitative estimate of drug-likeness (QED) is 0.891. The van der Waals surface area contributed by atoms with E-state index >= 15 is 0 Å². The summed E-state index contributed by atoms with van der Waals surface area (Å²) in [5, 5.41) is 3.05. The van der Waals surface area contributed by atoms with E-state index in [1.807, 2.05) is 12.1 Å². The van der Waals surface area contributed by atoms with Crippen molar-refractivity contribution >= 4 is 17.3 Å². The number of hydrogen-bond acceptors (Lipinski definition) is 4. The van der Waals surface area contributed by atoms with Crippen LogP contribution in [0.1, 0.15) is 32.6 Å². The number of anilines is 2. The third-order valence-corrected chi connectivity index (χ3v) is 5.40. The van der Waals surface area contributed by atoms with Crippen LogP contribution < -0.4 is 10.2 Å². The number of piperazine rings is 1. The van der Waals surface area contributed by atoms with Crippen LogP contribution in [0.15, 0.2) is 24.3 Å². The normalized spacial score (nSPS) is 20.3. The molecule has 0 bridgehead atoms. The molecule has 0 saturated carbocycles. The summed E-state index contributed by atoms with van der Waals surface area (Å²) < 4.78 is 0. The van der Waals surface area contributed by atoms with Crippen LogP contribution in [0.4, 0.5) is 11.4 Å². The molecule has 0 spiro atoms. The maximum Gasteiger partial charge on any atom is 0.238 e. The first-order valence-corrected chi connectivity index (χ1v) is 9.84. The van der Waals surface area contributed by atoms with Gasteiger partial charge in [-0.25, -0.2) is 0 Å². The second kappa shape index (κ2) is 9.20. The number of nitrogens with zero attached hydrogens (tertiary/aromatic N) is 3. The third-order valence-electron chi connectivity index (χ3n) is 5.40. The van der Waals surface area contributed by atoms with Gasteiger partial charge in [0.2, 0.25) is 5.91 Å². The van der Waals surface area contributed by atoms with Crippen molar-refractivity contribution < 1.29 is 4.79 Å². The topological polar surface area (TPSA) is 38.8 Å². The van der Waals surface area contributed by atoms with Crippen LogP contribution in [0.3, 0.4) is 0 Å². The number of hydrogen-bond donors (Lipinski definition) is 1. The zero-order valence-corrected chi connectivity index (χ0v) is 15.5. The fourth-order valence-electron chi connectivity index (χ4n) is 3.78. The number of amides is 1. The lowest BCUT2D eigenvalue weighted by molar-refractivity contribution is -0.117. The van der Waals surface area contributed by atoms with Gasteiger partial charge in [-0.3, -0.25) is 9.69 Å². The SMILES string of the molecule is CCN1CCN(c2ccc(NC(=O)CN3CCCCCC3)cc2)CC1. The summed E-state index contributed by atoms with van der Waals surface area (Å²) in [4.78, 5) is 19.5. The van der Waals surface area contributed by atoms with Gasteiger partial charge in [0.15, 0.2) is 0 Å². The number of benzene rings is 1. The summed E-state index contributed by atoms with van der Waals surface area (Å²) in [6, 6.07) is 8.32. The minimum absolute atomic E-state index is 0.103. The van der Waals surface area contributed by atoms with Crippen molar-refractivity contribution in [2.24, 2.45) is 0 Å². The Labute approximate surface area is 152 Å². The first-order valence-electron chi connectivity index (χ1n) is 9.84. The molecule has 0 aromatic heterocycles. The number of rotatable bonds is 5. The highest BCUT2D eigenvalue weighted by atomic mass is 16.2. The molecule has 0 radical (unpaired) electrons. The number of carbonyl (C=O) groups is 1. The first kappa shape index (κ1) is 18.2. The number of likely N-dealkylation sites (tertiary alicyclic amines) is 1. The Hall–Kier alpha value is -1.59. The largest absolute Gasteiger partial charge is 0.369 e. The van der Waals surface area contributed by atoms with Gasteiger partial charge in [-0.1, -0.05) is 19.8 Å². The van der Waals surface area contributed by atoms with E-state index < -0.39 is 0 Å². The van der Waals surface area contributed by atoms with E-state index in [1.165, 1.54) is 31.4 Å². The molecule has 1 aromatic carbocycles. The maximum atomic E-state index is 12.3. The van der Waals surface area contributed by atoms with Crippen molar-refractivity contribution in [3.05, 3.63) is 24.3 Å². The molecule has 138 valence electrons. The average Bonchev–Trinajstić information content (AvgIpc) is 2.91. The minimum atomic E-state index is 0.103. The van der Waals surface area contributed by atoms with Crippen LogP contribution in [-0.2, 0) is 4.79 Å². The number of carbonyl (C=O) groups excluding carboxylic acids is 1. The van der Waals surface area contributed by atoms with Crippen LogP contribution in [-0.4, -0.2) is 68.1 Å². The lowest BCUT2D eigenvalue weighted by Crippen LogP contribution is -2.46. The Morgan fingerprint density at radius 1 is 0.880 bits per heavy atom. The second-order valence-corrected chi connectivity index (χ2v) is 7.21. The van der Waals surface area contributed by atoms with E-state index in [-0.39, 0.29) is 5.91 Å². The molecular weight excluding hydrogens is 312 g/mol. The lowest BCUT2D eigenvalue weighted by Gasteiger charge is -2.35. The molecule has 1 N–H and O–H groups in total. The van der Waals surface area contributed by atoms with Crippen LogP contribution in [0.5, 0.6) is 0 Å². The summed E-state index contributed by atoms with van der Waals surface area (Å²) in [7, 11) is 0. The Balaban J connectivity index is 1.48. The second-order valence-electron chi connectivity index (χ2n) is 7.21. The Bertz CT molecular complexity index is 529. The monoisotopic (exact) mass is 344 g/mol. The standard InChI is InChI=1S/C20H32N4O/c1-2-22-13-15-24(16-14-22)19-9-7-18(8-10-19)21-20(25)17-23-11-5-3-4-6-12-23/h7-10H,2-6,11-17H2,1H3,(H,21,25). The highest BCUT2D eigenvalue weighted by Crippen LogP contribution is 2.19. The molecule has 0 atom stereocenters. The van der Waals surface area contributed by atoms with Gasteiger partial charge in [0.05, 0.1) is 6.54 Å². The molecule has 2 fully saturated rings. The van der Waals surface area contributed by atoms with Gasteiger partial charge in [0.1, 0.15) is 0 Å². The predicted molar refractivity (Wildman–Crippen MR) is 104 cm³/mol. The molecule has 1 aromatic rings. The van der Waals surface area contributed by atoms with E-state index in [0.717, 1.165) is 51.5 Å². The highest BCUT2D eigenvalue weighted by Gasteiger charge is 2.16. The average molecular weight is 345 g/mol. The van der Waals surface area contributed by atoms with Crippen molar-refractivity contribution in [3.8, 4) is 0 Å². The number of nitrogens with one attached hydrogen (secondary N) is 1. The van der Waals surface area contributed by atoms with Gasteiger partial charge in [-0.2, -0.15) is 0 Å². The maximum absolute atomic E-state index is 12.3. The third kappa shape index (κ3) is 5.44. The Morgan fingerprint density at radius 2 is 1.52 bits per heavy atom. The van der Waals surface area contributed by atoms with Crippen LogP contribution in [0, 0.1) is 0 Å². The molecular formula is C20H32N4O. The molecule has 0 unspecified atom stereocenters. The van der Waals surface area contributed by atoms with Gasteiger partial charge >= 0.3 is 0 Å². The Morgan fingerprint density at radius 3 is 2.12 bits per heavy atom. The summed E-state index contributed by atoms with van der Waals surface area (Å²) in [6.07, 6.45) is 5.03. The van der Waals surface area contributed by atoms with Crippen molar-refractivity contribution in [3.63, 3.8) is 0 Å². The molecule has 2 saturated heterocycles.